The van der Waals surface area contributed by atoms with Crippen LogP contribution in [0.3, 0.4) is 0 Å². The summed E-state index contributed by atoms with van der Waals surface area (Å²) in [4.78, 5) is 0. The fraction of sp³-hybridized carbons (Fsp3) is 0.462. The molecule has 1 heterocycles. The summed E-state index contributed by atoms with van der Waals surface area (Å²) >= 11 is 6.12. The Balaban J connectivity index is 2.38. The standard InChI is InChI=1S/C13H15ClN2O/c1-17-12-3-2-10(8-11(12)14)13(9-15)4-6-16-7-5-13/h2-3,8,16H,4-7H2,1H3. The fourth-order valence-electron chi connectivity index (χ4n) is 2.28. The van der Waals surface area contributed by atoms with E-state index >= 15 is 0 Å². The highest BCUT2D eigenvalue weighted by Gasteiger charge is 2.34. The molecule has 0 saturated carbocycles. The number of hydrogen-bond acceptors (Lipinski definition) is 3. The maximum absolute atomic E-state index is 9.46. The molecule has 0 amide bonds. The third-order valence-corrected chi connectivity index (χ3v) is 3.67. The lowest BCUT2D eigenvalue weighted by Gasteiger charge is -2.31. The van der Waals surface area contributed by atoms with Crippen LogP contribution >= 0.6 is 11.6 Å². The number of benzene rings is 1. The zero-order valence-electron chi connectivity index (χ0n) is 9.79. The van der Waals surface area contributed by atoms with Gasteiger partial charge in [0, 0.05) is 0 Å². The molecule has 1 aromatic carbocycles. The Kier molecular flexibility index (Phi) is 3.56. The number of halogens is 1. The van der Waals surface area contributed by atoms with Crippen LogP contribution < -0.4 is 10.1 Å². The van der Waals surface area contributed by atoms with Crippen LogP contribution in [0, 0.1) is 11.3 Å². The number of nitriles is 1. The maximum Gasteiger partial charge on any atom is 0.137 e. The average Bonchev–Trinajstić information content (AvgIpc) is 2.39. The highest BCUT2D eigenvalue weighted by atomic mass is 35.5. The van der Waals surface area contributed by atoms with E-state index in [9.17, 15) is 5.26 Å². The first kappa shape index (κ1) is 12.2. The van der Waals surface area contributed by atoms with E-state index in [4.69, 9.17) is 16.3 Å². The second-order valence-corrected chi connectivity index (χ2v) is 4.70. The first-order valence-corrected chi connectivity index (χ1v) is 6.06. The van der Waals surface area contributed by atoms with Gasteiger partial charge >= 0.3 is 0 Å². The normalized spacial score (nSPS) is 18.4. The van der Waals surface area contributed by atoms with Gasteiger partial charge in [-0.15, -0.1) is 0 Å². The predicted octanol–water partition coefficient (Wildman–Crippen LogP) is 2.49. The highest BCUT2D eigenvalue weighted by Crippen LogP contribution is 2.36. The van der Waals surface area contributed by atoms with E-state index in [0.717, 1.165) is 31.5 Å². The van der Waals surface area contributed by atoms with Gasteiger partial charge in [-0.3, -0.25) is 0 Å². The van der Waals surface area contributed by atoms with Gasteiger partial charge in [0.2, 0.25) is 0 Å². The van der Waals surface area contributed by atoms with Crippen LogP contribution in [-0.2, 0) is 5.41 Å². The Morgan fingerprint density at radius 2 is 2.12 bits per heavy atom. The summed E-state index contributed by atoms with van der Waals surface area (Å²) in [7, 11) is 1.59. The summed E-state index contributed by atoms with van der Waals surface area (Å²) in [6.07, 6.45) is 1.65. The van der Waals surface area contributed by atoms with E-state index in [0.29, 0.717) is 10.8 Å². The summed E-state index contributed by atoms with van der Waals surface area (Å²) in [6, 6.07) is 8.09. The molecule has 0 aliphatic carbocycles. The second kappa shape index (κ2) is 4.95. The molecule has 0 bridgehead atoms. The van der Waals surface area contributed by atoms with Crippen molar-refractivity contribution >= 4 is 11.6 Å². The number of ether oxygens (including phenoxy) is 1. The molecule has 0 atom stereocenters. The Bertz CT molecular complexity index is 447. The molecule has 0 unspecified atom stereocenters. The molecule has 4 heteroatoms. The number of methoxy groups -OCH3 is 1. The first-order valence-electron chi connectivity index (χ1n) is 5.68. The largest absolute Gasteiger partial charge is 0.495 e. The Morgan fingerprint density at radius 1 is 1.41 bits per heavy atom. The average molecular weight is 251 g/mol. The van der Waals surface area contributed by atoms with Crippen LogP contribution in [0.1, 0.15) is 18.4 Å². The van der Waals surface area contributed by atoms with Gasteiger partial charge in [-0.05, 0) is 43.6 Å². The molecule has 1 N–H and O–H groups in total. The van der Waals surface area contributed by atoms with Gasteiger partial charge in [-0.2, -0.15) is 5.26 Å². The van der Waals surface area contributed by atoms with Crippen LogP contribution in [0.2, 0.25) is 5.02 Å². The van der Waals surface area contributed by atoms with Crippen molar-refractivity contribution in [1.82, 2.24) is 5.32 Å². The van der Waals surface area contributed by atoms with Gasteiger partial charge in [0.05, 0.1) is 23.6 Å². The molecular weight excluding hydrogens is 236 g/mol. The SMILES string of the molecule is COc1ccc(C2(C#N)CCNCC2)cc1Cl. The van der Waals surface area contributed by atoms with E-state index in [2.05, 4.69) is 11.4 Å². The molecule has 0 radical (unpaired) electrons. The van der Waals surface area contributed by atoms with Crippen molar-refractivity contribution in [1.29, 1.82) is 5.26 Å². The maximum atomic E-state index is 9.46. The predicted molar refractivity (Wildman–Crippen MR) is 67.4 cm³/mol. The quantitative estimate of drug-likeness (QED) is 0.877. The molecule has 3 nitrogen and oxygen atoms in total. The number of nitrogens with one attached hydrogen (secondary N) is 1. The van der Waals surface area contributed by atoms with E-state index in [1.54, 1.807) is 7.11 Å². The third kappa shape index (κ3) is 2.24. The Hall–Kier alpha value is -1.24. The molecule has 2 rings (SSSR count). The molecule has 1 aliphatic heterocycles. The Morgan fingerprint density at radius 3 is 2.65 bits per heavy atom. The van der Waals surface area contributed by atoms with Gasteiger partial charge in [0.15, 0.2) is 0 Å². The fourth-order valence-corrected chi connectivity index (χ4v) is 2.54. The lowest BCUT2D eigenvalue weighted by atomic mass is 9.74. The highest BCUT2D eigenvalue weighted by molar-refractivity contribution is 6.32. The molecule has 1 aromatic rings. The zero-order chi connectivity index (χ0) is 12.3. The van der Waals surface area contributed by atoms with Crippen LogP contribution in [0.5, 0.6) is 5.75 Å². The molecular formula is C13H15ClN2O. The van der Waals surface area contributed by atoms with Crippen molar-refractivity contribution in [3.05, 3.63) is 28.8 Å². The van der Waals surface area contributed by atoms with Gasteiger partial charge < -0.3 is 10.1 Å². The number of hydrogen-bond donors (Lipinski definition) is 1. The topological polar surface area (TPSA) is 45.0 Å². The first-order chi connectivity index (χ1) is 8.22. The minimum absolute atomic E-state index is 0.402. The van der Waals surface area contributed by atoms with E-state index in [1.165, 1.54) is 0 Å². The van der Waals surface area contributed by atoms with Crippen molar-refractivity contribution in [3.8, 4) is 11.8 Å². The van der Waals surface area contributed by atoms with E-state index in [-0.39, 0.29) is 0 Å². The summed E-state index contributed by atoms with van der Waals surface area (Å²) in [5, 5.41) is 13.3. The molecule has 1 fully saturated rings. The van der Waals surface area contributed by atoms with Gasteiger partial charge in [0.25, 0.3) is 0 Å². The van der Waals surface area contributed by atoms with Crippen molar-refractivity contribution in [2.24, 2.45) is 0 Å². The number of piperidine rings is 1. The van der Waals surface area contributed by atoms with Gasteiger partial charge in [-0.1, -0.05) is 17.7 Å². The van der Waals surface area contributed by atoms with Crippen LogP contribution in [-0.4, -0.2) is 20.2 Å². The minimum Gasteiger partial charge on any atom is -0.495 e. The number of nitrogens with zero attached hydrogens (tertiary/aromatic N) is 1. The third-order valence-electron chi connectivity index (χ3n) is 3.38. The zero-order valence-corrected chi connectivity index (χ0v) is 10.5. The van der Waals surface area contributed by atoms with Crippen molar-refractivity contribution < 1.29 is 4.74 Å². The van der Waals surface area contributed by atoms with Crippen molar-refractivity contribution in [2.45, 2.75) is 18.3 Å². The molecule has 17 heavy (non-hydrogen) atoms. The summed E-state index contributed by atoms with van der Waals surface area (Å²) in [5.41, 5.74) is 0.591. The smallest absolute Gasteiger partial charge is 0.137 e. The van der Waals surface area contributed by atoms with E-state index in [1.807, 2.05) is 18.2 Å². The number of rotatable bonds is 2. The second-order valence-electron chi connectivity index (χ2n) is 4.29. The monoisotopic (exact) mass is 250 g/mol. The molecule has 1 saturated heterocycles. The van der Waals surface area contributed by atoms with Crippen LogP contribution in [0.25, 0.3) is 0 Å². The lowest BCUT2D eigenvalue weighted by Crippen LogP contribution is -2.38. The summed E-state index contributed by atoms with van der Waals surface area (Å²) in [6.45, 7) is 1.74. The summed E-state index contributed by atoms with van der Waals surface area (Å²) in [5.74, 6) is 0.650. The van der Waals surface area contributed by atoms with Gasteiger partial charge in [0.1, 0.15) is 5.75 Å². The Labute approximate surface area is 106 Å². The summed E-state index contributed by atoms with van der Waals surface area (Å²) < 4.78 is 5.13. The molecule has 0 aromatic heterocycles. The minimum atomic E-state index is -0.402. The molecule has 1 aliphatic rings. The van der Waals surface area contributed by atoms with Gasteiger partial charge in [-0.25, -0.2) is 0 Å². The van der Waals surface area contributed by atoms with Crippen molar-refractivity contribution in [2.75, 3.05) is 20.2 Å². The van der Waals surface area contributed by atoms with Crippen molar-refractivity contribution in [3.63, 3.8) is 0 Å². The van der Waals surface area contributed by atoms with E-state index < -0.39 is 5.41 Å². The molecule has 0 spiro atoms. The van der Waals surface area contributed by atoms with Crippen LogP contribution in [0.15, 0.2) is 18.2 Å². The molecule has 90 valence electrons. The lowest BCUT2D eigenvalue weighted by molar-refractivity contribution is 0.381. The van der Waals surface area contributed by atoms with Crippen LogP contribution in [0.4, 0.5) is 0 Å².